The Hall–Kier alpha value is -3.12. The van der Waals surface area contributed by atoms with Gasteiger partial charge in [0, 0.05) is 29.2 Å². The SMILES string of the molecule is COC(=O)C1Cc2ccccc2CN1C(=O)Cc1c(C)nn(-c2ccc(Cl)cc2)c1C. The van der Waals surface area contributed by atoms with Crippen LogP contribution in [0.15, 0.2) is 48.5 Å². The number of hydrogen-bond donors (Lipinski definition) is 0. The minimum atomic E-state index is -0.626. The van der Waals surface area contributed by atoms with Gasteiger partial charge in [0.05, 0.1) is 24.9 Å². The Morgan fingerprint density at radius 1 is 1.10 bits per heavy atom. The van der Waals surface area contributed by atoms with Crippen molar-refractivity contribution in [2.24, 2.45) is 0 Å². The number of benzene rings is 2. The van der Waals surface area contributed by atoms with Crippen LogP contribution in [0, 0.1) is 13.8 Å². The number of hydrogen-bond acceptors (Lipinski definition) is 4. The minimum Gasteiger partial charge on any atom is -0.467 e. The van der Waals surface area contributed by atoms with Crippen LogP contribution in [-0.2, 0) is 33.7 Å². The first-order valence-corrected chi connectivity index (χ1v) is 10.5. The Morgan fingerprint density at radius 3 is 2.45 bits per heavy atom. The maximum Gasteiger partial charge on any atom is 0.328 e. The molecule has 2 heterocycles. The molecule has 1 aliphatic heterocycles. The van der Waals surface area contributed by atoms with Crippen molar-refractivity contribution in [2.75, 3.05) is 7.11 Å². The first-order valence-electron chi connectivity index (χ1n) is 10.1. The molecular weight excluding hydrogens is 414 g/mol. The van der Waals surface area contributed by atoms with Crippen LogP contribution in [-0.4, -0.2) is 39.7 Å². The zero-order valence-electron chi connectivity index (χ0n) is 17.8. The van der Waals surface area contributed by atoms with Gasteiger partial charge in [-0.05, 0) is 49.2 Å². The molecule has 0 saturated heterocycles. The molecule has 160 valence electrons. The van der Waals surface area contributed by atoms with Gasteiger partial charge < -0.3 is 9.64 Å². The number of halogens is 1. The lowest BCUT2D eigenvalue weighted by atomic mass is 9.93. The highest BCUT2D eigenvalue weighted by Crippen LogP contribution is 2.26. The molecule has 1 atom stereocenters. The summed E-state index contributed by atoms with van der Waals surface area (Å²) in [6.07, 6.45) is 0.623. The summed E-state index contributed by atoms with van der Waals surface area (Å²) in [6.45, 7) is 4.23. The van der Waals surface area contributed by atoms with E-state index in [1.807, 2.05) is 67.1 Å². The molecule has 1 amide bonds. The Labute approximate surface area is 186 Å². The summed E-state index contributed by atoms with van der Waals surface area (Å²) in [5, 5.41) is 5.28. The fourth-order valence-electron chi connectivity index (χ4n) is 4.15. The third-order valence-electron chi connectivity index (χ3n) is 5.88. The number of nitrogens with zero attached hydrogens (tertiary/aromatic N) is 3. The topological polar surface area (TPSA) is 64.4 Å². The molecule has 7 heteroatoms. The van der Waals surface area contributed by atoms with Crippen LogP contribution >= 0.6 is 11.6 Å². The minimum absolute atomic E-state index is 0.119. The normalized spacial score (nSPS) is 15.5. The van der Waals surface area contributed by atoms with Gasteiger partial charge in [0.15, 0.2) is 0 Å². The second-order valence-corrected chi connectivity index (χ2v) is 8.18. The first kappa shape index (κ1) is 21.1. The van der Waals surface area contributed by atoms with Crippen molar-refractivity contribution >= 4 is 23.5 Å². The molecule has 1 aliphatic rings. The number of ether oxygens (including phenoxy) is 1. The summed E-state index contributed by atoms with van der Waals surface area (Å²) < 4.78 is 6.81. The lowest BCUT2D eigenvalue weighted by molar-refractivity contribution is -0.153. The molecule has 6 nitrogen and oxygen atoms in total. The van der Waals surface area contributed by atoms with Crippen molar-refractivity contribution in [2.45, 2.75) is 39.3 Å². The van der Waals surface area contributed by atoms with Gasteiger partial charge in [-0.25, -0.2) is 9.48 Å². The second-order valence-electron chi connectivity index (χ2n) is 7.75. The maximum absolute atomic E-state index is 13.4. The fraction of sp³-hybridized carbons (Fsp3) is 0.292. The quantitative estimate of drug-likeness (QED) is 0.582. The zero-order chi connectivity index (χ0) is 22.1. The van der Waals surface area contributed by atoms with Crippen molar-refractivity contribution in [3.8, 4) is 5.69 Å². The van der Waals surface area contributed by atoms with Gasteiger partial charge in [0.2, 0.25) is 5.91 Å². The van der Waals surface area contributed by atoms with E-state index >= 15 is 0 Å². The zero-order valence-corrected chi connectivity index (χ0v) is 18.5. The van der Waals surface area contributed by atoms with Crippen LogP contribution in [0.5, 0.6) is 0 Å². The van der Waals surface area contributed by atoms with Crippen LogP contribution in [0.3, 0.4) is 0 Å². The van der Waals surface area contributed by atoms with Gasteiger partial charge in [-0.2, -0.15) is 5.10 Å². The van der Waals surface area contributed by atoms with E-state index < -0.39 is 12.0 Å². The number of carbonyl (C=O) groups is 2. The molecule has 0 fully saturated rings. The number of rotatable bonds is 4. The highest BCUT2D eigenvalue weighted by atomic mass is 35.5. The van der Waals surface area contributed by atoms with Gasteiger partial charge in [-0.3, -0.25) is 4.79 Å². The van der Waals surface area contributed by atoms with Gasteiger partial charge in [0.1, 0.15) is 6.04 Å². The van der Waals surface area contributed by atoms with E-state index in [1.54, 1.807) is 4.90 Å². The van der Waals surface area contributed by atoms with E-state index in [0.717, 1.165) is 33.8 Å². The predicted octanol–water partition coefficient (Wildman–Crippen LogP) is 3.81. The average Bonchev–Trinajstić information content (AvgIpc) is 3.06. The molecule has 31 heavy (non-hydrogen) atoms. The Balaban J connectivity index is 1.62. The second kappa shape index (κ2) is 8.55. The van der Waals surface area contributed by atoms with Gasteiger partial charge >= 0.3 is 5.97 Å². The maximum atomic E-state index is 13.4. The van der Waals surface area contributed by atoms with Gasteiger partial charge in [0.25, 0.3) is 0 Å². The highest BCUT2D eigenvalue weighted by Gasteiger charge is 2.35. The number of methoxy groups -OCH3 is 1. The third-order valence-corrected chi connectivity index (χ3v) is 6.13. The van der Waals surface area contributed by atoms with Gasteiger partial charge in [-0.1, -0.05) is 35.9 Å². The van der Waals surface area contributed by atoms with E-state index in [0.29, 0.717) is 18.0 Å². The monoisotopic (exact) mass is 437 g/mol. The van der Waals surface area contributed by atoms with E-state index in [9.17, 15) is 9.59 Å². The Kier molecular flexibility index (Phi) is 5.83. The van der Waals surface area contributed by atoms with Crippen LogP contribution in [0.4, 0.5) is 0 Å². The summed E-state index contributed by atoms with van der Waals surface area (Å²) in [5.74, 6) is -0.514. The van der Waals surface area contributed by atoms with Crippen LogP contribution < -0.4 is 0 Å². The summed E-state index contributed by atoms with van der Waals surface area (Å²) >= 11 is 6.00. The van der Waals surface area contributed by atoms with Crippen molar-refractivity contribution in [1.29, 1.82) is 0 Å². The molecule has 2 aromatic carbocycles. The molecule has 1 aromatic heterocycles. The molecule has 0 saturated carbocycles. The van der Waals surface area contributed by atoms with E-state index in [1.165, 1.54) is 7.11 Å². The number of fused-ring (bicyclic) bond motifs is 1. The number of aryl methyl sites for hydroxylation is 1. The largest absolute Gasteiger partial charge is 0.467 e. The van der Waals surface area contributed by atoms with E-state index in [2.05, 4.69) is 5.10 Å². The van der Waals surface area contributed by atoms with E-state index in [-0.39, 0.29) is 12.3 Å². The van der Waals surface area contributed by atoms with Crippen LogP contribution in [0.25, 0.3) is 5.69 Å². The third kappa shape index (κ3) is 4.08. The fourth-order valence-corrected chi connectivity index (χ4v) is 4.27. The number of amides is 1. The summed E-state index contributed by atoms with van der Waals surface area (Å²) in [5.41, 5.74) is 5.55. The Morgan fingerprint density at radius 2 is 1.77 bits per heavy atom. The number of esters is 1. The molecule has 0 aliphatic carbocycles. The molecule has 0 bridgehead atoms. The van der Waals surface area contributed by atoms with Crippen molar-refractivity contribution in [3.63, 3.8) is 0 Å². The van der Waals surface area contributed by atoms with Crippen LogP contribution in [0.1, 0.15) is 28.1 Å². The molecule has 0 radical (unpaired) electrons. The summed E-state index contributed by atoms with van der Waals surface area (Å²) in [7, 11) is 1.36. The molecule has 1 unspecified atom stereocenters. The van der Waals surface area contributed by atoms with Crippen molar-refractivity contribution < 1.29 is 14.3 Å². The smallest absolute Gasteiger partial charge is 0.328 e. The lowest BCUT2D eigenvalue weighted by Gasteiger charge is -2.35. The molecule has 4 rings (SSSR count). The Bertz CT molecular complexity index is 1140. The predicted molar refractivity (Wildman–Crippen MR) is 118 cm³/mol. The lowest BCUT2D eigenvalue weighted by Crippen LogP contribution is -2.49. The highest BCUT2D eigenvalue weighted by molar-refractivity contribution is 6.30. The molecule has 0 spiro atoms. The van der Waals surface area contributed by atoms with Crippen molar-refractivity contribution in [3.05, 3.63) is 81.6 Å². The van der Waals surface area contributed by atoms with E-state index in [4.69, 9.17) is 16.3 Å². The molecular formula is C24H24ClN3O3. The standard InChI is InChI=1S/C24H24ClN3O3/c1-15-21(16(2)28(26-15)20-10-8-19(25)9-11-20)13-23(29)27-14-18-7-5-4-6-17(18)12-22(27)24(30)31-3/h4-11,22H,12-14H2,1-3H3. The first-order chi connectivity index (χ1) is 14.9. The van der Waals surface area contributed by atoms with Crippen molar-refractivity contribution in [1.82, 2.24) is 14.7 Å². The summed E-state index contributed by atoms with van der Waals surface area (Å²) in [6, 6.07) is 14.7. The average molecular weight is 438 g/mol. The van der Waals surface area contributed by atoms with Crippen LogP contribution in [0.2, 0.25) is 5.02 Å². The number of aromatic nitrogens is 2. The van der Waals surface area contributed by atoms with Gasteiger partial charge in [-0.15, -0.1) is 0 Å². The number of carbonyl (C=O) groups excluding carboxylic acids is 2. The summed E-state index contributed by atoms with van der Waals surface area (Å²) in [4.78, 5) is 27.4. The molecule has 3 aromatic rings. The molecule has 0 N–H and O–H groups in total.